The van der Waals surface area contributed by atoms with Crippen LogP contribution in [0.15, 0.2) is 18.2 Å². The summed E-state index contributed by atoms with van der Waals surface area (Å²) in [6.07, 6.45) is 1.48. The molecule has 2 rings (SSSR count). The minimum atomic E-state index is -0.209. The van der Waals surface area contributed by atoms with Gasteiger partial charge in [-0.1, -0.05) is 11.6 Å². The van der Waals surface area contributed by atoms with Gasteiger partial charge < -0.3 is 9.47 Å². The maximum atomic E-state index is 12.6. The number of piperidine rings is 1. The molecule has 1 aliphatic heterocycles. The van der Waals surface area contributed by atoms with E-state index in [1.807, 2.05) is 4.90 Å². The van der Waals surface area contributed by atoms with E-state index in [1.165, 1.54) is 0 Å². The average Bonchev–Trinajstić information content (AvgIpc) is 2.55. The summed E-state index contributed by atoms with van der Waals surface area (Å²) in [5.74, 6) is 0.426. The van der Waals surface area contributed by atoms with Gasteiger partial charge in [0.25, 0.3) is 0 Å². The molecule has 6 heteroatoms. The van der Waals surface area contributed by atoms with Gasteiger partial charge in [0.05, 0.1) is 25.3 Å². The highest BCUT2D eigenvalue weighted by molar-refractivity contribution is 6.32. The number of Topliss-reactive ketones (excluding diaryl/α,β-unsaturated/α-hetero) is 1. The second-order valence-corrected chi connectivity index (χ2v) is 5.98. The molecule has 1 fully saturated rings. The van der Waals surface area contributed by atoms with E-state index >= 15 is 0 Å². The molecular weight excluding hydrogens is 318 g/mol. The lowest BCUT2D eigenvalue weighted by Gasteiger charge is -2.30. The topological polar surface area (TPSA) is 55.8 Å². The maximum Gasteiger partial charge on any atom is 0.320 e. The van der Waals surface area contributed by atoms with Crippen LogP contribution in [0.25, 0.3) is 0 Å². The number of ether oxygens (including phenoxy) is 2. The highest BCUT2D eigenvalue weighted by Gasteiger charge is 2.27. The molecule has 0 aliphatic carbocycles. The molecule has 1 heterocycles. The summed E-state index contributed by atoms with van der Waals surface area (Å²) in [5.41, 5.74) is 0.611. The van der Waals surface area contributed by atoms with Crippen LogP contribution in [0.4, 0.5) is 0 Å². The van der Waals surface area contributed by atoms with Crippen LogP contribution < -0.4 is 4.74 Å². The van der Waals surface area contributed by atoms with Gasteiger partial charge in [0.2, 0.25) is 0 Å². The van der Waals surface area contributed by atoms with Crippen molar-refractivity contribution in [2.24, 2.45) is 5.92 Å². The molecule has 0 radical (unpaired) electrons. The Balaban J connectivity index is 1.90. The van der Waals surface area contributed by atoms with Crippen molar-refractivity contribution >= 4 is 23.4 Å². The molecule has 0 saturated carbocycles. The van der Waals surface area contributed by atoms with E-state index in [-0.39, 0.29) is 17.7 Å². The van der Waals surface area contributed by atoms with Crippen molar-refractivity contribution in [3.05, 3.63) is 28.8 Å². The van der Waals surface area contributed by atoms with Crippen molar-refractivity contribution in [1.82, 2.24) is 4.90 Å². The Kier molecular flexibility index (Phi) is 6.42. The third kappa shape index (κ3) is 4.69. The number of benzene rings is 1. The second-order valence-electron chi connectivity index (χ2n) is 5.57. The number of carbonyl (C=O) groups is 2. The highest BCUT2D eigenvalue weighted by Crippen LogP contribution is 2.28. The van der Waals surface area contributed by atoms with Gasteiger partial charge >= 0.3 is 5.97 Å². The first-order chi connectivity index (χ1) is 11.0. The van der Waals surface area contributed by atoms with Crippen molar-refractivity contribution in [2.75, 3.05) is 33.4 Å². The van der Waals surface area contributed by atoms with Crippen LogP contribution in [0.2, 0.25) is 5.02 Å². The summed E-state index contributed by atoms with van der Waals surface area (Å²) >= 11 is 6.09. The fraction of sp³-hybridized carbons (Fsp3) is 0.529. The van der Waals surface area contributed by atoms with Crippen LogP contribution in [-0.2, 0) is 9.53 Å². The minimum absolute atomic E-state index is 0.0297. The van der Waals surface area contributed by atoms with E-state index in [4.69, 9.17) is 21.1 Å². The molecule has 126 valence electrons. The number of ketones is 1. The minimum Gasteiger partial charge on any atom is -0.495 e. The Hall–Kier alpha value is -1.59. The zero-order chi connectivity index (χ0) is 16.8. The van der Waals surface area contributed by atoms with E-state index in [1.54, 1.807) is 32.2 Å². The normalized spacial score (nSPS) is 16.1. The van der Waals surface area contributed by atoms with E-state index in [9.17, 15) is 9.59 Å². The van der Waals surface area contributed by atoms with E-state index in [2.05, 4.69) is 0 Å². The lowest BCUT2D eigenvalue weighted by atomic mass is 9.89. The number of rotatable bonds is 6. The first-order valence-electron chi connectivity index (χ1n) is 7.80. The quantitative estimate of drug-likeness (QED) is 0.589. The van der Waals surface area contributed by atoms with Gasteiger partial charge in [-0.05, 0) is 51.1 Å². The van der Waals surface area contributed by atoms with Gasteiger partial charge in [0, 0.05) is 11.5 Å². The van der Waals surface area contributed by atoms with Gasteiger partial charge in [-0.3, -0.25) is 14.5 Å². The predicted octanol–water partition coefficient (Wildman–Crippen LogP) is 2.81. The van der Waals surface area contributed by atoms with Crippen LogP contribution in [0.5, 0.6) is 5.75 Å². The third-order valence-corrected chi connectivity index (χ3v) is 4.35. The lowest BCUT2D eigenvalue weighted by Crippen LogP contribution is -2.39. The first-order valence-corrected chi connectivity index (χ1v) is 8.18. The molecule has 0 unspecified atom stereocenters. The average molecular weight is 340 g/mol. The molecule has 1 aromatic carbocycles. The van der Waals surface area contributed by atoms with Gasteiger partial charge in [-0.2, -0.15) is 0 Å². The summed E-state index contributed by atoms with van der Waals surface area (Å²) in [6.45, 7) is 3.93. The molecular formula is C17H22ClNO4. The van der Waals surface area contributed by atoms with Crippen LogP contribution in [0.3, 0.4) is 0 Å². The smallest absolute Gasteiger partial charge is 0.320 e. The number of esters is 1. The van der Waals surface area contributed by atoms with Gasteiger partial charge in [0.15, 0.2) is 5.78 Å². The van der Waals surface area contributed by atoms with Gasteiger partial charge in [-0.25, -0.2) is 0 Å². The summed E-state index contributed by atoms with van der Waals surface area (Å²) < 4.78 is 10.1. The zero-order valence-electron chi connectivity index (χ0n) is 13.5. The lowest BCUT2D eigenvalue weighted by molar-refractivity contribution is -0.144. The molecule has 23 heavy (non-hydrogen) atoms. The van der Waals surface area contributed by atoms with Gasteiger partial charge in [0.1, 0.15) is 5.75 Å². The number of likely N-dealkylation sites (tertiary alicyclic amines) is 1. The first kappa shape index (κ1) is 17.8. The summed E-state index contributed by atoms with van der Waals surface area (Å²) in [4.78, 5) is 26.1. The number of halogens is 1. The molecule has 0 atom stereocenters. The predicted molar refractivity (Wildman–Crippen MR) is 88.1 cm³/mol. The van der Waals surface area contributed by atoms with Crippen molar-refractivity contribution in [3.8, 4) is 5.75 Å². The number of hydrogen-bond acceptors (Lipinski definition) is 5. The summed E-state index contributed by atoms with van der Waals surface area (Å²) in [7, 11) is 1.54. The Labute approximate surface area is 141 Å². The maximum absolute atomic E-state index is 12.6. The Morgan fingerprint density at radius 1 is 1.30 bits per heavy atom. The SMILES string of the molecule is CCOC(=O)CN1CCC(C(=O)c2ccc(OC)c(Cl)c2)CC1. The van der Waals surface area contributed by atoms with E-state index < -0.39 is 0 Å². The zero-order valence-corrected chi connectivity index (χ0v) is 14.3. The fourth-order valence-corrected chi connectivity index (χ4v) is 3.06. The van der Waals surface area contributed by atoms with E-state index in [0.717, 1.165) is 25.9 Å². The molecule has 0 spiro atoms. The molecule has 0 aromatic heterocycles. The second kappa shape index (κ2) is 8.31. The molecule has 5 nitrogen and oxygen atoms in total. The number of methoxy groups -OCH3 is 1. The third-order valence-electron chi connectivity index (χ3n) is 4.05. The van der Waals surface area contributed by atoms with Crippen LogP contribution in [0.1, 0.15) is 30.1 Å². The van der Waals surface area contributed by atoms with Crippen molar-refractivity contribution in [2.45, 2.75) is 19.8 Å². The molecule has 1 saturated heterocycles. The largest absolute Gasteiger partial charge is 0.495 e. The van der Waals surface area contributed by atoms with Crippen molar-refractivity contribution < 1.29 is 19.1 Å². The van der Waals surface area contributed by atoms with Crippen LogP contribution in [-0.4, -0.2) is 50.0 Å². The van der Waals surface area contributed by atoms with Gasteiger partial charge in [-0.15, -0.1) is 0 Å². The Morgan fingerprint density at radius 3 is 2.57 bits per heavy atom. The van der Waals surface area contributed by atoms with E-state index in [0.29, 0.717) is 29.5 Å². The standard InChI is InChI=1S/C17H22ClNO4/c1-3-23-16(20)11-19-8-6-12(7-9-19)17(21)13-4-5-15(22-2)14(18)10-13/h4-5,10,12H,3,6-9,11H2,1-2H3. The monoisotopic (exact) mass is 339 g/mol. The van der Waals surface area contributed by atoms with Crippen molar-refractivity contribution in [3.63, 3.8) is 0 Å². The number of hydrogen-bond donors (Lipinski definition) is 0. The Morgan fingerprint density at radius 2 is 2.00 bits per heavy atom. The molecule has 0 amide bonds. The van der Waals surface area contributed by atoms with Crippen LogP contribution >= 0.6 is 11.6 Å². The Bertz CT molecular complexity index is 568. The number of nitrogens with zero attached hydrogens (tertiary/aromatic N) is 1. The molecule has 0 bridgehead atoms. The molecule has 0 N–H and O–H groups in total. The van der Waals surface area contributed by atoms with Crippen molar-refractivity contribution in [1.29, 1.82) is 0 Å². The highest BCUT2D eigenvalue weighted by atomic mass is 35.5. The van der Waals surface area contributed by atoms with Crippen LogP contribution in [0, 0.1) is 5.92 Å². The summed E-state index contributed by atoms with van der Waals surface area (Å²) in [6, 6.07) is 5.12. The fourth-order valence-electron chi connectivity index (χ4n) is 2.80. The number of carbonyl (C=O) groups excluding carboxylic acids is 2. The molecule has 1 aromatic rings. The summed E-state index contributed by atoms with van der Waals surface area (Å²) in [5, 5.41) is 0.443. The molecule has 1 aliphatic rings.